The smallest absolute Gasteiger partial charge is 0.212 e. The predicted octanol–water partition coefficient (Wildman–Crippen LogP) is 18.3. The van der Waals surface area contributed by atoms with Crippen LogP contribution in [0.2, 0.25) is 0 Å². The first-order valence-electron chi connectivity index (χ1n) is 34.3. The number of aromatic nitrogens is 8. The molecule has 0 unspecified atom stereocenters. The number of nitrogens with zero attached hydrogens (tertiary/aromatic N) is 8. The largest absolute Gasteiger partial charge is 0.260 e. The van der Waals surface area contributed by atoms with Crippen molar-refractivity contribution in [2.24, 2.45) is 28.2 Å². The summed E-state index contributed by atoms with van der Waals surface area (Å²) in [6.45, 7) is 37.8. The third-order valence-corrected chi connectivity index (χ3v) is 21.8. The molecular formula is C89H94N8+4. The van der Waals surface area contributed by atoms with Gasteiger partial charge in [-0.1, -0.05) is 104 Å². The van der Waals surface area contributed by atoms with Gasteiger partial charge in [-0.05, 0) is 194 Å². The normalized spacial score (nSPS) is 14.4. The lowest BCUT2D eigenvalue weighted by molar-refractivity contribution is -0.666. The summed E-state index contributed by atoms with van der Waals surface area (Å²) in [4.78, 5) is 18.8. The maximum Gasteiger partial charge on any atom is 0.212 e. The molecule has 8 heteroatoms. The van der Waals surface area contributed by atoms with E-state index in [1.54, 1.807) is 0 Å². The maximum absolute atomic E-state index is 4.70. The molecule has 0 spiro atoms. The molecule has 0 aliphatic heterocycles. The van der Waals surface area contributed by atoms with Crippen LogP contribution in [0.5, 0.6) is 0 Å². The lowest BCUT2D eigenvalue weighted by atomic mass is 9.83. The highest BCUT2D eigenvalue weighted by molar-refractivity contribution is 5.87. The highest BCUT2D eigenvalue weighted by Crippen LogP contribution is 2.53. The fraction of sp³-hybridized carbons (Fsp3) is 0.281. The minimum atomic E-state index is -0.0628. The summed E-state index contributed by atoms with van der Waals surface area (Å²) in [6, 6.07) is 53.4. The van der Waals surface area contributed by atoms with Crippen LogP contribution in [-0.2, 0) is 49.9 Å². The van der Waals surface area contributed by atoms with Gasteiger partial charge in [-0.25, -0.2) is 13.7 Å². The van der Waals surface area contributed by atoms with Crippen LogP contribution in [0.4, 0.5) is 0 Å². The topological polar surface area (TPSA) is 67.1 Å². The van der Waals surface area contributed by atoms with Gasteiger partial charge in [-0.3, -0.25) is 19.9 Å². The van der Waals surface area contributed by atoms with Crippen LogP contribution in [0.25, 0.3) is 89.5 Å². The number of rotatable bonds is 4. The zero-order valence-corrected chi connectivity index (χ0v) is 61.0. The van der Waals surface area contributed by atoms with E-state index in [0.29, 0.717) is 0 Å². The Morgan fingerprint density at radius 2 is 0.629 bits per heavy atom. The first-order chi connectivity index (χ1) is 46.0. The second kappa shape index (κ2) is 24.3. The number of hydrogen-bond donors (Lipinski definition) is 0. The molecule has 0 saturated heterocycles. The summed E-state index contributed by atoms with van der Waals surface area (Å²) >= 11 is 0. The molecule has 0 atom stereocenters. The highest BCUT2D eigenvalue weighted by Gasteiger charge is 2.42. The van der Waals surface area contributed by atoms with Gasteiger partial charge in [0.05, 0.1) is 22.8 Å². The van der Waals surface area contributed by atoms with Crippen LogP contribution in [0.1, 0.15) is 151 Å². The van der Waals surface area contributed by atoms with Crippen molar-refractivity contribution >= 4 is 0 Å². The quantitative estimate of drug-likeness (QED) is 0.165. The third kappa shape index (κ3) is 11.1. The third-order valence-electron chi connectivity index (χ3n) is 21.8. The van der Waals surface area contributed by atoms with Crippen molar-refractivity contribution in [2.45, 2.75) is 139 Å². The lowest BCUT2D eigenvalue weighted by Gasteiger charge is -2.21. The standard InChI is InChI=1S/C23H25N2.3C22H23N2/c1-14-11-21(25(6)13-16(14)3)18-12-20-19(10-15(18)2)17-8-7-9-24-22(17)23(20,4)5;1-14-12-18-16-9-7-11-23-21(16)22(3,4)19(18)13-17(14)20-10-6-8-15(2)24(20)5;1-14-8-9-20(24(5)13-14)17-12-19-18(11-15(17)2)16-7-6-10-23-21(16)22(19,3)4;1-14-8-10-24(5)20(11-14)17-13-19-18(12-15(17)2)16-7-6-9-23-21(16)22(19,3)4/h7-13H,1-6H3;3*6-13H,1-5H3/q4*+1. The molecule has 4 aromatic carbocycles. The van der Waals surface area contributed by atoms with Gasteiger partial charge >= 0.3 is 0 Å². The van der Waals surface area contributed by atoms with Crippen LogP contribution < -0.4 is 18.3 Å². The van der Waals surface area contributed by atoms with Crippen molar-refractivity contribution < 1.29 is 18.3 Å². The van der Waals surface area contributed by atoms with Gasteiger partial charge in [0, 0.05) is 145 Å². The molecule has 0 amide bonds. The van der Waals surface area contributed by atoms with Crippen molar-refractivity contribution in [1.82, 2.24) is 19.9 Å². The van der Waals surface area contributed by atoms with Crippen molar-refractivity contribution in [3.8, 4) is 89.5 Å². The molecule has 0 saturated carbocycles. The molecule has 0 N–H and O–H groups in total. The number of benzene rings is 4. The zero-order valence-electron chi connectivity index (χ0n) is 61.0. The van der Waals surface area contributed by atoms with E-state index < -0.39 is 0 Å². The van der Waals surface area contributed by atoms with Crippen molar-refractivity contribution in [3.05, 3.63) is 284 Å². The Labute approximate surface area is 576 Å². The monoisotopic (exact) mass is 1270 g/mol. The van der Waals surface area contributed by atoms with Crippen molar-refractivity contribution in [3.63, 3.8) is 0 Å². The minimum Gasteiger partial charge on any atom is -0.260 e. The van der Waals surface area contributed by atoms with E-state index in [2.05, 4.69) is 319 Å². The summed E-state index contributed by atoms with van der Waals surface area (Å²) in [5, 5.41) is 0. The predicted molar refractivity (Wildman–Crippen MR) is 396 cm³/mol. The molecule has 0 fully saturated rings. The summed E-state index contributed by atoms with van der Waals surface area (Å²) < 4.78 is 8.93. The molecule has 486 valence electrons. The summed E-state index contributed by atoms with van der Waals surface area (Å²) in [5.41, 5.74) is 42.4. The van der Waals surface area contributed by atoms with Gasteiger partial charge in [0.15, 0.2) is 24.3 Å². The molecule has 0 bridgehead atoms. The average Bonchev–Trinajstić information content (AvgIpc) is 1.61. The van der Waals surface area contributed by atoms with Crippen molar-refractivity contribution in [1.29, 1.82) is 0 Å². The molecule has 8 nitrogen and oxygen atoms in total. The van der Waals surface area contributed by atoms with Crippen LogP contribution >= 0.6 is 0 Å². The summed E-state index contributed by atoms with van der Waals surface area (Å²) in [7, 11) is 8.51. The fourth-order valence-electron chi connectivity index (χ4n) is 16.0. The Morgan fingerprint density at radius 3 is 1.02 bits per heavy atom. The summed E-state index contributed by atoms with van der Waals surface area (Å²) in [6.07, 6.45) is 14.2. The Kier molecular flexibility index (Phi) is 16.5. The Hall–Kier alpha value is -9.92. The van der Waals surface area contributed by atoms with E-state index in [0.717, 1.165) is 0 Å². The Balaban J connectivity index is 0.000000117. The van der Waals surface area contributed by atoms with Crippen LogP contribution in [0.3, 0.4) is 0 Å². The van der Waals surface area contributed by atoms with Crippen molar-refractivity contribution in [2.75, 3.05) is 0 Å². The van der Waals surface area contributed by atoms with Gasteiger partial charge in [-0.15, -0.1) is 0 Å². The Bertz CT molecular complexity index is 5100. The van der Waals surface area contributed by atoms with Crippen LogP contribution in [0, 0.1) is 62.3 Å². The SMILES string of the molecule is Cc1cc(-c2cc3c(cc2C)-c2cccnc2C3(C)C)[n+](C)cc1C.Cc1cc2c(cc1-c1cccc(C)[n+]1C)C(C)(C)c1ncccc1-2.Cc1cc[n+](C)c(-c2cc3c(cc2C)-c2cccnc2C3(C)C)c1.Cc1ccc(-c2cc3c(cc2C)-c2cccnc2C3(C)C)[n+](C)c1. The number of aryl methyl sites for hydroxylation is 12. The van der Waals surface area contributed by atoms with E-state index >= 15 is 0 Å². The van der Waals surface area contributed by atoms with E-state index in [9.17, 15) is 0 Å². The van der Waals surface area contributed by atoms with Crippen LogP contribution in [-0.4, -0.2) is 19.9 Å². The maximum atomic E-state index is 4.70. The van der Waals surface area contributed by atoms with E-state index in [4.69, 9.17) is 4.98 Å². The number of pyridine rings is 8. The second-order valence-electron chi connectivity index (χ2n) is 30.1. The second-order valence-corrected chi connectivity index (χ2v) is 30.1. The first-order valence-corrected chi connectivity index (χ1v) is 34.3. The van der Waals surface area contributed by atoms with Gasteiger partial charge in [0.2, 0.25) is 22.8 Å². The van der Waals surface area contributed by atoms with Gasteiger partial charge in [0.1, 0.15) is 28.2 Å². The zero-order chi connectivity index (χ0) is 69.1. The average molecular weight is 1280 g/mol. The van der Waals surface area contributed by atoms with Gasteiger partial charge in [0.25, 0.3) is 0 Å². The molecule has 8 heterocycles. The minimum absolute atomic E-state index is 0.0579. The summed E-state index contributed by atoms with van der Waals surface area (Å²) in [5.74, 6) is 0. The fourth-order valence-corrected chi connectivity index (χ4v) is 16.0. The number of hydrogen-bond acceptors (Lipinski definition) is 4. The van der Waals surface area contributed by atoms with E-state index in [1.165, 1.54) is 185 Å². The molecular weight excluding hydrogens is 1180 g/mol. The Morgan fingerprint density at radius 1 is 0.268 bits per heavy atom. The first kappa shape index (κ1) is 65.7. The molecule has 8 aromatic heterocycles. The molecule has 97 heavy (non-hydrogen) atoms. The van der Waals surface area contributed by atoms with Gasteiger partial charge in [-0.2, -0.15) is 4.57 Å². The molecule has 12 aromatic rings. The molecule has 16 rings (SSSR count). The van der Waals surface area contributed by atoms with E-state index in [-0.39, 0.29) is 21.7 Å². The number of fused-ring (bicyclic) bond motifs is 12. The molecule has 0 radical (unpaired) electrons. The van der Waals surface area contributed by atoms with Crippen LogP contribution in [0.15, 0.2) is 189 Å². The van der Waals surface area contributed by atoms with E-state index in [1.807, 2.05) is 49.1 Å². The lowest BCUT2D eigenvalue weighted by Crippen LogP contribution is -2.34. The molecule has 4 aliphatic rings. The van der Waals surface area contributed by atoms with Gasteiger partial charge < -0.3 is 0 Å². The molecule has 4 aliphatic carbocycles. The highest BCUT2D eigenvalue weighted by atomic mass is 14.9.